The zero-order valence-electron chi connectivity index (χ0n) is 10.9. The van der Waals surface area contributed by atoms with Gasteiger partial charge < -0.3 is 20.1 Å². The van der Waals surface area contributed by atoms with Crippen LogP contribution in [0.15, 0.2) is 18.2 Å². The summed E-state index contributed by atoms with van der Waals surface area (Å²) in [6, 6.07) is 2.96. The molecule has 2 amide bonds. The molecule has 0 aliphatic carbocycles. The van der Waals surface area contributed by atoms with Crippen molar-refractivity contribution in [3.8, 4) is 0 Å². The molecule has 0 radical (unpaired) electrons. The molecule has 0 aromatic heterocycles. The Morgan fingerprint density at radius 2 is 2.25 bits per heavy atom. The highest BCUT2D eigenvalue weighted by atomic mass is 19.1. The number of hydrogen-bond donors (Lipinski definition) is 2. The van der Waals surface area contributed by atoms with E-state index in [0.29, 0.717) is 19.6 Å². The monoisotopic (exact) mass is 282 g/mol. The van der Waals surface area contributed by atoms with Gasteiger partial charge in [-0.1, -0.05) is 6.07 Å². The summed E-state index contributed by atoms with van der Waals surface area (Å²) in [5.41, 5.74) is -0.606. The molecule has 1 saturated heterocycles. The molecule has 1 aromatic carbocycles. The van der Waals surface area contributed by atoms with E-state index in [4.69, 9.17) is 9.84 Å². The fraction of sp³-hybridized carbons (Fsp3) is 0.385. The van der Waals surface area contributed by atoms with Crippen LogP contribution in [0.2, 0.25) is 0 Å². The molecular weight excluding hydrogens is 267 g/mol. The fourth-order valence-corrected chi connectivity index (χ4v) is 2.02. The number of para-hydroxylation sites is 1. The lowest BCUT2D eigenvalue weighted by Gasteiger charge is -2.24. The number of likely N-dealkylation sites (N-methyl/N-ethyl adjacent to an activating group) is 1. The van der Waals surface area contributed by atoms with Crippen LogP contribution in [0.5, 0.6) is 0 Å². The van der Waals surface area contributed by atoms with Gasteiger partial charge in [-0.2, -0.15) is 0 Å². The van der Waals surface area contributed by atoms with Gasteiger partial charge in [-0.05, 0) is 18.6 Å². The van der Waals surface area contributed by atoms with E-state index >= 15 is 0 Å². The maximum atomic E-state index is 13.7. The molecule has 1 heterocycles. The van der Waals surface area contributed by atoms with E-state index in [1.165, 1.54) is 17.0 Å². The number of carbonyl (C=O) groups excluding carboxylic acids is 1. The van der Waals surface area contributed by atoms with Gasteiger partial charge in [0.2, 0.25) is 0 Å². The van der Waals surface area contributed by atoms with Crippen LogP contribution >= 0.6 is 0 Å². The minimum absolute atomic E-state index is 0.0879. The molecule has 1 aliphatic heterocycles. The molecule has 2 rings (SSSR count). The van der Waals surface area contributed by atoms with Crippen molar-refractivity contribution in [3.63, 3.8) is 0 Å². The van der Waals surface area contributed by atoms with Crippen LogP contribution in [0.3, 0.4) is 0 Å². The highest BCUT2D eigenvalue weighted by Gasteiger charge is 2.25. The molecule has 1 unspecified atom stereocenters. The normalized spacial score (nSPS) is 17.8. The van der Waals surface area contributed by atoms with Crippen molar-refractivity contribution in [2.45, 2.75) is 12.5 Å². The molecule has 0 bridgehead atoms. The maximum absolute atomic E-state index is 13.7. The van der Waals surface area contributed by atoms with Crippen LogP contribution in [-0.4, -0.2) is 48.3 Å². The Labute approximate surface area is 115 Å². The number of benzene rings is 1. The minimum atomic E-state index is -1.30. The van der Waals surface area contributed by atoms with Crippen molar-refractivity contribution in [1.82, 2.24) is 4.90 Å². The first-order chi connectivity index (χ1) is 9.50. The summed E-state index contributed by atoms with van der Waals surface area (Å²) < 4.78 is 18.9. The van der Waals surface area contributed by atoms with Crippen molar-refractivity contribution >= 4 is 17.7 Å². The second-order valence-electron chi connectivity index (χ2n) is 4.53. The second kappa shape index (κ2) is 5.87. The van der Waals surface area contributed by atoms with Crippen LogP contribution in [0.4, 0.5) is 14.9 Å². The Morgan fingerprint density at radius 1 is 1.50 bits per heavy atom. The zero-order chi connectivity index (χ0) is 14.7. The molecule has 6 nitrogen and oxygen atoms in total. The summed E-state index contributed by atoms with van der Waals surface area (Å²) in [5.74, 6) is -2.08. The third-order valence-electron chi connectivity index (χ3n) is 3.25. The van der Waals surface area contributed by atoms with Crippen LogP contribution < -0.4 is 5.32 Å². The number of ether oxygens (including phenoxy) is 1. The maximum Gasteiger partial charge on any atom is 0.337 e. The summed E-state index contributed by atoms with van der Waals surface area (Å²) in [6.45, 7) is 0.995. The highest BCUT2D eigenvalue weighted by Crippen LogP contribution is 2.21. The van der Waals surface area contributed by atoms with E-state index in [-0.39, 0.29) is 17.3 Å². The van der Waals surface area contributed by atoms with E-state index in [1.54, 1.807) is 7.05 Å². The number of amides is 2. The highest BCUT2D eigenvalue weighted by molar-refractivity contribution is 6.00. The van der Waals surface area contributed by atoms with Gasteiger partial charge in [-0.25, -0.2) is 14.0 Å². The number of nitrogens with zero attached hydrogens (tertiary/aromatic N) is 1. The summed E-state index contributed by atoms with van der Waals surface area (Å²) in [6.07, 6.45) is 0.701. The van der Waals surface area contributed by atoms with E-state index < -0.39 is 17.8 Å². The molecule has 1 atom stereocenters. The number of halogens is 1. The molecule has 20 heavy (non-hydrogen) atoms. The Balaban J connectivity index is 2.16. The summed E-state index contributed by atoms with van der Waals surface area (Å²) >= 11 is 0. The zero-order valence-corrected chi connectivity index (χ0v) is 10.9. The standard InChI is InChI=1S/C13H15FN2O4/c1-16(8-5-6-20-7-8)13(19)15-11-9(12(17)18)3-2-4-10(11)14/h2-4,8H,5-7H2,1H3,(H,15,19)(H,17,18). The second-order valence-corrected chi connectivity index (χ2v) is 4.53. The fourth-order valence-electron chi connectivity index (χ4n) is 2.02. The first-order valence-electron chi connectivity index (χ1n) is 6.14. The number of aromatic carboxylic acids is 1. The molecule has 7 heteroatoms. The van der Waals surface area contributed by atoms with Gasteiger partial charge in [0.15, 0.2) is 0 Å². The predicted octanol–water partition coefficient (Wildman–Crippen LogP) is 1.78. The summed E-state index contributed by atoms with van der Waals surface area (Å²) in [5, 5.41) is 11.3. The average Bonchev–Trinajstić information content (AvgIpc) is 2.93. The van der Waals surface area contributed by atoms with E-state index in [0.717, 1.165) is 6.07 Å². The Bertz CT molecular complexity index is 529. The lowest BCUT2D eigenvalue weighted by molar-refractivity contribution is 0.0697. The molecule has 0 saturated carbocycles. The first kappa shape index (κ1) is 14.3. The van der Waals surface area contributed by atoms with Crippen LogP contribution in [0, 0.1) is 5.82 Å². The van der Waals surface area contributed by atoms with Gasteiger partial charge in [-0.3, -0.25) is 0 Å². The van der Waals surface area contributed by atoms with Crippen LogP contribution in [-0.2, 0) is 4.74 Å². The number of carboxylic acids is 1. The van der Waals surface area contributed by atoms with Gasteiger partial charge in [-0.15, -0.1) is 0 Å². The average molecular weight is 282 g/mol. The number of hydrogen-bond acceptors (Lipinski definition) is 3. The van der Waals surface area contributed by atoms with Crippen LogP contribution in [0.1, 0.15) is 16.8 Å². The van der Waals surface area contributed by atoms with E-state index in [9.17, 15) is 14.0 Å². The molecular formula is C13H15FN2O4. The van der Waals surface area contributed by atoms with Gasteiger partial charge in [0, 0.05) is 13.7 Å². The minimum Gasteiger partial charge on any atom is -0.478 e. The lowest BCUT2D eigenvalue weighted by atomic mass is 10.1. The largest absolute Gasteiger partial charge is 0.478 e. The third-order valence-corrected chi connectivity index (χ3v) is 3.25. The Morgan fingerprint density at radius 3 is 2.85 bits per heavy atom. The van der Waals surface area contributed by atoms with Crippen molar-refractivity contribution in [2.75, 3.05) is 25.6 Å². The van der Waals surface area contributed by atoms with Gasteiger partial charge in [0.05, 0.1) is 23.9 Å². The number of carbonyl (C=O) groups is 2. The lowest BCUT2D eigenvalue weighted by Crippen LogP contribution is -2.40. The first-order valence-corrected chi connectivity index (χ1v) is 6.14. The SMILES string of the molecule is CN(C(=O)Nc1c(F)cccc1C(=O)O)C1CCOC1. The third kappa shape index (κ3) is 2.88. The number of anilines is 1. The van der Waals surface area contributed by atoms with E-state index in [2.05, 4.69) is 5.32 Å². The quantitative estimate of drug-likeness (QED) is 0.885. The number of nitrogens with one attached hydrogen (secondary N) is 1. The summed E-state index contributed by atoms with van der Waals surface area (Å²) in [7, 11) is 1.57. The summed E-state index contributed by atoms with van der Waals surface area (Å²) in [4.78, 5) is 24.5. The van der Waals surface area contributed by atoms with Gasteiger partial charge in [0.1, 0.15) is 5.82 Å². The smallest absolute Gasteiger partial charge is 0.337 e. The van der Waals surface area contributed by atoms with Crippen molar-refractivity contribution < 1.29 is 23.8 Å². The Kier molecular flexibility index (Phi) is 4.19. The van der Waals surface area contributed by atoms with Crippen LogP contribution in [0.25, 0.3) is 0 Å². The van der Waals surface area contributed by atoms with Gasteiger partial charge >= 0.3 is 12.0 Å². The predicted molar refractivity (Wildman–Crippen MR) is 69.4 cm³/mol. The Hall–Kier alpha value is -2.15. The molecule has 0 spiro atoms. The van der Waals surface area contributed by atoms with Gasteiger partial charge in [0.25, 0.3) is 0 Å². The molecule has 2 N–H and O–H groups in total. The topological polar surface area (TPSA) is 78.9 Å². The molecule has 108 valence electrons. The number of carboxylic acid groups (broad SMARTS) is 1. The van der Waals surface area contributed by atoms with Crippen molar-refractivity contribution in [2.24, 2.45) is 0 Å². The molecule has 1 fully saturated rings. The number of rotatable bonds is 3. The molecule has 1 aromatic rings. The molecule has 1 aliphatic rings. The van der Waals surface area contributed by atoms with Crippen molar-refractivity contribution in [3.05, 3.63) is 29.6 Å². The van der Waals surface area contributed by atoms with Crippen molar-refractivity contribution in [1.29, 1.82) is 0 Å². The number of urea groups is 1. The van der Waals surface area contributed by atoms with E-state index in [1.807, 2.05) is 0 Å².